The molecule has 0 aliphatic rings. The molecule has 0 saturated heterocycles. The molecule has 1 N–H and O–H groups in total. The maximum Gasteiger partial charge on any atom is 0.329 e. The SMILES string of the molecule is CC(C)(C)CC(c1cccc(COCC(=O)O)c1)C(C)(C)C. The van der Waals surface area contributed by atoms with Crippen molar-refractivity contribution in [1.82, 2.24) is 0 Å². The lowest BCUT2D eigenvalue weighted by Crippen LogP contribution is -2.24. The smallest absolute Gasteiger partial charge is 0.329 e. The molecular formula is C19H30O3. The fourth-order valence-electron chi connectivity index (χ4n) is 2.69. The van der Waals surface area contributed by atoms with Crippen molar-refractivity contribution >= 4 is 5.97 Å². The van der Waals surface area contributed by atoms with Gasteiger partial charge in [0.1, 0.15) is 6.61 Å². The Hall–Kier alpha value is -1.35. The Morgan fingerprint density at radius 1 is 1.18 bits per heavy atom. The number of benzene rings is 1. The Morgan fingerprint density at radius 2 is 1.82 bits per heavy atom. The van der Waals surface area contributed by atoms with Gasteiger partial charge in [0.15, 0.2) is 0 Å². The van der Waals surface area contributed by atoms with Crippen molar-refractivity contribution < 1.29 is 14.6 Å². The lowest BCUT2D eigenvalue weighted by Gasteiger charge is -2.36. The fourth-order valence-corrected chi connectivity index (χ4v) is 2.69. The molecule has 0 fully saturated rings. The molecule has 22 heavy (non-hydrogen) atoms. The summed E-state index contributed by atoms with van der Waals surface area (Å²) in [6, 6.07) is 8.35. The number of hydrogen-bond acceptors (Lipinski definition) is 2. The second-order valence-electron chi connectivity index (χ2n) is 8.31. The van der Waals surface area contributed by atoms with Crippen LogP contribution in [0.2, 0.25) is 0 Å². The maximum atomic E-state index is 10.5. The highest BCUT2D eigenvalue weighted by atomic mass is 16.5. The van der Waals surface area contributed by atoms with Crippen LogP contribution < -0.4 is 0 Å². The lowest BCUT2D eigenvalue weighted by molar-refractivity contribution is -0.142. The minimum Gasteiger partial charge on any atom is -0.480 e. The summed E-state index contributed by atoms with van der Waals surface area (Å²) in [7, 11) is 0. The van der Waals surface area contributed by atoms with Crippen LogP contribution in [0.25, 0.3) is 0 Å². The zero-order chi connectivity index (χ0) is 17.0. The number of carboxylic acids is 1. The van der Waals surface area contributed by atoms with Crippen LogP contribution in [-0.2, 0) is 16.1 Å². The number of carboxylic acid groups (broad SMARTS) is 1. The summed E-state index contributed by atoms with van der Waals surface area (Å²) in [6.07, 6.45) is 1.11. The third-order valence-electron chi connectivity index (χ3n) is 3.71. The van der Waals surface area contributed by atoms with Gasteiger partial charge in [-0.25, -0.2) is 4.79 Å². The van der Waals surface area contributed by atoms with Gasteiger partial charge in [-0.05, 0) is 34.3 Å². The zero-order valence-electron chi connectivity index (χ0n) is 14.8. The Labute approximate surface area is 134 Å². The molecule has 1 atom stereocenters. The van der Waals surface area contributed by atoms with Crippen molar-refractivity contribution in [2.45, 2.75) is 60.5 Å². The molecule has 1 unspecified atom stereocenters. The first-order valence-electron chi connectivity index (χ1n) is 7.87. The highest BCUT2D eigenvalue weighted by Crippen LogP contribution is 2.43. The van der Waals surface area contributed by atoms with Crippen molar-refractivity contribution in [3.8, 4) is 0 Å². The topological polar surface area (TPSA) is 46.5 Å². The summed E-state index contributed by atoms with van der Waals surface area (Å²) in [5, 5.41) is 8.64. The van der Waals surface area contributed by atoms with Gasteiger partial charge >= 0.3 is 5.97 Å². The minimum absolute atomic E-state index is 0.174. The molecule has 0 aliphatic carbocycles. The van der Waals surface area contributed by atoms with E-state index in [1.54, 1.807) is 0 Å². The predicted octanol–water partition coefficient (Wildman–Crippen LogP) is 4.85. The molecule has 0 spiro atoms. The molecule has 0 amide bonds. The number of aliphatic carboxylic acids is 1. The van der Waals surface area contributed by atoms with Crippen LogP contribution in [0.15, 0.2) is 24.3 Å². The van der Waals surface area contributed by atoms with Crippen molar-refractivity contribution in [3.63, 3.8) is 0 Å². The van der Waals surface area contributed by atoms with Crippen LogP contribution in [0, 0.1) is 10.8 Å². The van der Waals surface area contributed by atoms with E-state index in [0.717, 1.165) is 12.0 Å². The second kappa shape index (κ2) is 7.28. The summed E-state index contributed by atoms with van der Waals surface area (Å²) in [6.45, 7) is 13.7. The van der Waals surface area contributed by atoms with E-state index in [1.807, 2.05) is 12.1 Å². The van der Waals surface area contributed by atoms with Crippen LogP contribution in [0.4, 0.5) is 0 Å². The van der Waals surface area contributed by atoms with E-state index < -0.39 is 5.97 Å². The monoisotopic (exact) mass is 306 g/mol. The van der Waals surface area contributed by atoms with Crippen LogP contribution >= 0.6 is 0 Å². The summed E-state index contributed by atoms with van der Waals surface area (Å²) in [5.41, 5.74) is 2.77. The number of ether oxygens (including phenoxy) is 1. The van der Waals surface area contributed by atoms with E-state index in [1.165, 1.54) is 5.56 Å². The molecule has 0 bridgehead atoms. The number of carbonyl (C=O) groups is 1. The number of rotatable bonds is 6. The van der Waals surface area contributed by atoms with E-state index in [2.05, 4.69) is 53.7 Å². The zero-order valence-corrected chi connectivity index (χ0v) is 14.8. The van der Waals surface area contributed by atoms with Gasteiger partial charge in [0.05, 0.1) is 6.61 Å². The van der Waals surface area contributed by atoms with Crippen molar-refractivity contribution in [1.29, 1.82) is 0 Å². The predicted molar refractivity (Wildman–Crippen MR) is 90.0 cm³/mol. The first-order valence-corrected chi connectivity index (χ1v) is 7.87. The molecule has 0 heterocycles. The van der Waals surface area contributed by atoms with Crippen molar-refractivity contribution in [3.05, 3.63) is 35.4 Å². The van der Waals surface area contributed by atoms with Gasteiger partial charge < -0.3 is 9.84 Å². The van der Waals surface area contributed by atoms with Gasteiger partial charge in [0.2, 0.25) is 0 Å². The molecule has 3 nitrogen and oxygen atoms in total. The summed E-state index contributed by atoms with van der Waals surface area (Å²) in [5.74, 6) is -0.483. The lowest BCUT2D eigenvalue weighted by atomic mass is 9.69. The van der Waals surface area contributed by atoms with Crippen LogP contribution in [0.3, 0.4) is 0 Å². The Kier molecular flexibility index (Phi) is 6.18. The standard InChI is InChI=1S/C19H30O3/c1-18(2,3)11-16(19(4,5)6)15-9-7-8-14(10-15)12-22-13-17(20)21/h7-10,16H,11-13H2,1-6H3,(H,20,21). The van der Waals surface area contributed by atoms with Gasteiger partial charge in [-0.2, -0.15) is 0 Å². The molecule has 0 aliphatic heterocycles. The molecule has 0 aromatic heterocycles. The second-order valence-corrected chi connectivity index (χ2v) is 8.31. The van der Waals surface area contributed by atoms with Gasteiger partial charge in [-0.1, -0.05) is 65.8 Å². The molecule has 0 saturated carbocycles. The Balaban J connectivity index is 2.93. The highest BCUT2D eigenvalue weighted by Gasteiger charge is 2.30. The van der Waals surface area contributed by atoms with Gasteiger partial charge in [0.25, 0.3) is 0 Å². The normalized spacial score (nSPS) is 13.9. The van der Waals surface area contributed by atoms with Gasteiger partial charge in [-0.15, -0.1) is 0 Å². The van der Waals surface area contributed by atoms with E-state index in [-0.39, 0.29) is 17.4 Å². The quantitative estimate of drug-likeness (QED) is 0.817. The van der Waals surface area contributed by atoms with Crippen LogP contribution in [-0.4, -0.2) is 17.7 Å². The summed E-state index contributed by atoms with van der Waals surface area (Å²) in [4.78, 5) is 10.5. The number of hydrogen-bond donors (Lipinski definition) is 1. The van der Waals surface area contributed by atoms with Crippen LogP contribution in [0.5, 0.6) is 0 Å². The first kappa shape index (κ1) is 18.7. The van der Waals surface area contributed by atoms with Gasteiger partial charge in [-0.3, -0.25) is 0 Å². The van der Waals surface area contributed by atoms with E-state index in [4.69, 9.17) is 9.84 Å². The minimum atomic E-state index is -0.934. The molecule has 124 valence electrons. The molecule has 0 radical (unpaired) electrons. The van der Waals surface area contributed by atoms with E-state index >= 15 is 0 Å². The average molecular weight is 306 g/mol. The van der Waals surface area contributed by atoms with Gasteiger partial charge in [0, 0.05) is 0 Å². The van der Waals surface area contributed by atoms with E-state index in [9.17, 15) is 4.79 Å². The third-order valence-corrected chi connectivity index (χ3v) is 3.71. The molecule has 3 heteroatoms. The average Bonchev–Trinajstić information content (AvgIpc) is 2.33. The Morgan fingerprint density at radius 3 is 2.32 bits per heavy atom. The summed E-state index contributed by atoms with van der Waals surface area (Å²) < 4.78 is 5.20. The Bertz CT molecular complexity index is 492. The van der Waals surface area contributed by atoms with E-state index in [0.29, 0.717) is 12.5 Å². The van der Waals surface area contributed by atoms with Crippen LogP contribution in [0.1, 0.15) is 65.0 Å². The molecular weight excluding hydrogens is 276 g/mol. The highest BCUT2D eigenvalue weighted by molar-refractivity contribution is 5.67. The molecule has 1 aromatic rings. The summed E-state index contributed by atoms with van der Waals surface area (Å²) >= 11 is 0. The largest absolute Gasteiger partial charge is 0.480 e. The third kappa shape index (κ3) is 6.61. The first-order chi connectivity index (χ1) is 9.99. The van der Waals surface area contributed by atoms with Crippen molar-refractivity contribution in [2.75, 3.05) is 6.61 Å². The fraction of sp³-hybridized carbons (Fsp3) is 0.632. The molecule has 1 aromatic carbocycles. The van der Waals surface area contributed by atoms with Crippen molar-refractivity contribution in [2.24, 2.45) is 10.8 Å². The maximum absolute atomic E-state index is 10.5. The molecule has 1 rings (SSSR count).